The van der Waals surface area contributed by atoms with E-state index in [9.17, 15) is 14.5 Å². The van der Waals surface area contributed by atoms with E-state index in [2.05, 4.69) is 15.6 Å². The average molecular weight is 254 g/mol. The second-order valence-corrected chi connectivity index (χ2v) is 3.60. The summed E-state index contributed by atoms with van der Waals surface area (Å²) in [4.78, 5) is 13.4. The van der Waals surface area contributed by atoms with Gasteiger partial charge >= 0.3 is 0 Å². The Morgan fingerprint density at radius 3 is 2.83 bits per heavy atom. The average Bonchev–Trinajstić information content (AvgIpc) is 2.35. The topological polar surface area (TPSA) is 80.1 Å². The van der Waals surface area contributed by atoms with Crippen molar-refractivity contribution in [2.75, 3.05) is 7.05 Å². The SMILES string of the molecule is CCC(N/C(=C/[N+](=O)[O-])NC)c1ccc(F)nc1. The number of nitrogens with zero attached hydrogens (tertiary/aromatic N) is 2. The van der Waals surface area contributed by atoms with Crippen molar-refractivity contribution in [3.63, 3.8) is 0 Å². The van der Waals surface area contributed by atoms with Gasteiger partial charge in [0.15, 0.2) is 5.82 Å². The molecule has 98 valence electrons. The van der Waals surface area contributed by atoms with Crippen molar-refractivity contribution in [1.29, 1.82) is 0 Å². The fraction of sp³-hybridized carbons (Fsp3) is 0.364. The van der Waals surface area contributed by atoms with Crippen LogP contribution in [0.15, 0.2) is 30.4 Å². The van der Waals surface area contributed by atoms with Crippen molar-refractivity contribution in [1.82, 2.24) is 15.6 Å². The van der Waals surface area contributed by atoms with E-state index in [0.29, 0.717) is 6.42 Å². The fourth-order valence-corrected chi connectivity index (χ4v) is 1.48. The van der Waals surface area contributed by atoms with Gasteiger partial charge in [-0.1, -0.05) is 13.0 Å². The maximum Gasteiger partial charge on any atom is 0.274 e. The van der Waals surface area contributed by atoms with Gasteiger partial charge in [0.1, 0.15) is 0 Å². The first-order valence-corrected chi connectivity index (χ1v) is 5.47. The molecule has 0 aliphatic carbocycles. The quantitative estimate of drug-likeness (QED) is 0.457. The third-order valence-electron chi connectivity index (χ3n) is 2.39. The lowest BCUT2D eigenvalue weighted by atomic mass is 10.1. The van der Waals surface area contributed by atoms with Crippen LogP contribution in [-0.4, -0.2) is 17.0 Å². The number of nitrogens with one attached hydrogen (secondary N) is 2. The summed E-state index contributed by atoms with van der Waals surface area (Å²) in [6.45, 7) is 1.92. The minimum Gasteiger partial charge on any atom is -0.370 e. The van der Waals surface area contributed by atoms with Crippen LogP contribution in [0.4, 0.5) is 4.39 Å². The third kappa shape index (κ3) is 4.00. The molecule has 0 bridgehead atoms. The molecule has 7 heteroatoms. The smallest absolute Gasteiger partial charge is 0.274 e. The molecule has 1 atom stereocenters. The van der Waals surface area contributed by atoms with Gasteiger partial charge in [0.25, 0.3) is 6.20 Å². The lowest BCUT2D eigenvalue weighted by Gasteiger charge is -2.18. The van der Waals surface area contributed by atoms with E-state index in [1.54, 1.807) is 13.1 Å². The molecule has 1 aromatic rings. The van der Waals surface area contributed by atoms with Crippen LogP contribution in [0, 0.1) is 16.1 Å². The highest BCUT2D eigenvalue weighted by atomic mass is 19.1. The highest BCUT2D eigenvalue weighted by Gasteiger charge is 2.12. The van der Waals surface area contributed by atoms with Crippen LogP contribution in [0.25, 0.3) is 0 Å². The molecular weight excluding hydrogens is 239 g/mol. The Morgan fingerprint density at radius 1 is 1.67 bits per heavy atom. The van der Waals surface area contributed by atoms with E-state index >= 15 is 0 Å². The van der Waals surface area contributed by atoms with Crippen LogP contribution in [0.5, 0.6) is 0 Å². The Hall–Kier alpha value is -2.18. The van der Waals surface area contributed by atoms with Crippen LogP contribution in [0.3, 0.4) is 0 Å². The van der Waals surface area contributed by atoms with E-state index in [1.807, 2.05) is 6.92 Å². The van der Waals surface area contributed by atoms with Crippen LogP contribution < -0.4 is 10.6 Å². The van der Waals surface area contributed by atoms with Crippen LogP contribution in [0.2, 0.25) is 0 Å². The summed E-state index contributed by atoms with van der Waals surface area (Å²) < 4.78 is 12.7. The van der Waals surface area contributed by atoms with E-state index in [4.69, 9.17) is 0 Å². The summed E-state index contributed by atoms with van der Waals surface area (Å²) >= 11 is 0. The van der Waals surface area contributed by atoms with Gasteiger partial charge in [0.05, 0.1) is 11.0 Å². The van der Waals surface area contributed by atoms with E-state index in [0.717, 1.165) is 11.8 Å². The van der Waals surface area contributed by atoms with Crippen molar-refractivity contribution in [2.24, 2.45) is 0 Å². The molecule has 0 saturated heterocycles. The molecule has 0 aliphatic rings. The van der Waals surface area contributed by atoms with Gasteiger partial charge in [-0.15, -0.1) is 0 Å². The second-order valence-electron chi connectivity index (χ2n) is 3.60. The summed E-state index contributed by atoms with van der Waals surface area (Å²) in [5.41, 5.74) is 0.767. The lowest BCUT2D eigenvalue weighted by molar-refractivity contribution is -0.404. The highest BCUT2D eigenvalue weighted by Crippen LogP contribution is 2.16. The van der Waals surface area contributed by atoms with Gasteiger partial charge < -0.3 is 10.6 Å². The van der Waals surface area contributed by atoms with Crippen molar-refractivity contribution >= 4 is 0 Å². The third-order valence-corrected chi connectivity index (χ3v) is 2.39. The molecule has 0 radical (unpaired) electrons. The molecule has 0 aliphatic heterocycles. The van der Waals surface area contributed by atoms with Crippen molar-refractivity contribution in [3.8, 4) is 0 Å². The molecule has 0 saturated carbocycles. The predicted molar refractivity (Wildman–Crippen MR) is 64.5 cm³/mol. The summed E-state index contributed by atoms with van der Waals surface area (Å²) in [6, 6.07) is 2.69. The Morgan fingerprint density at radius 2 is 2.39 bits per heavy atom. The summed E-state index contributed by atoms with van der Waals surface area (Å²) in [7, 11) is 1.58. The largest absolute Gasteiger partial charge is 0.370 e. The summed E-state index contributed by atoms with van der Waals surface area (Å²) in [6.07, 6.45) is 2.94. The number of hydrogen-bond donors (Lipinski definition) is 2. The zero-order valence-electron chi connectivity index (χ0n) is 10.2. The Bertz CT molecular complexity index is 433. The molecule has 0 aromatic carbocycles. The van der Waals surface area contributed by atoms with Crippen molar-refractivity contribution in [3.05, 3.63) is 52.0 Å². The molecule has 1 heterocycles. The van der Waals surface area contributed by atoms with Gasteiger partial charge in [-0.05, 0) is 18.1 Å². The van der Waals surface area contributed by atoms with Gasteiger partial charge in [0, 0.05) is 13.2 Å². The Labute approximate surface area is 104 Å². The minimum atomic E-state index is -0.553. The maximum absolute atomic E-state index is 12.7. The fourth-order valence-electron chi connectivity index (χ4n) is 1.48. The number of halogens is 1. The van der Waals surface area contributed by atoms with Gasteiger partial charge in [-0.25, -0.2) is 4.98 Å². The van der Waals surface area contributed by atoms with Gasteiger partial charge in [-0.3, -0.25) is 10.1 Å². The molecule has 2 N–H and O–H groups in total. The van der Waals surface area contributed by atoms with E-state index in [1.165, 1.54) is 12.3 Å². The first-order valence-electron chi connectivity index (χ1n) is 5.47. The minimum absolute atomic E-state index is 0.170. The molecule has 1 aromatic heterocycles. The zero-order chi connectivity index (χ0) is 13.5. The number of nitro groups is 1. The molecule has 1 rings (SSSR count). The first-order chi connectivity index (χ1) is 8.56. The van der Waals surface area contributed by atoms with E-state index in [-0.39, 0.29) is 11.9 Å². The van der Waals surface area contributed by atoms with Gasteiger partial charge in [-0.2, -0.15) is 4.39 Å². The predicted octanol–water partition coefficient (Wildman–Crippen LogP) is 1.56. The van der Waals surface area contributed by atoms with Crippen LogP contribution in [-0.2, 0) is 0 Å². The molecule has 6 nitrogen and oxygen atoms in total. The zero-order valence-corrected chi connectivity index (χ0v) is 10.2. The number of hydrogen-bond acceptors (Lipinski definition) is 5. The van der Waals surface area contributed by atoms with Crippen molar-refractivity contribution < 1.29 is 9.31 Å². The first kappa shape index (κ1) is 13.9. The highest BCUT2D eigenvalue weighted by molar-refractivity contribution is 5.16. The normalized spacial score (nSPS) is 12.9. The molecule has 0 spiro atoms. The molecule has 1 unspecified atom stereocenters. The van der Waals surface area contributed by atoms with Gasteiger partial charge in [0.2, 0.25) is 5.95 Å². The maximum atomic E-state index is 12.7. The standard InChI is InChI=1S/C11H15FN4O2/c1-3-9(8-4-5-10(12)14-6-8)15-11(13-2)7-16(17)18/h4-7,9,13,15H,3H2,1-2H3/b11-7+. The lowest BCUT2D eigenvalue weighted by Crippen LogP contribution is -2.28. The number of rotatable bonds is 6. The molecule has 0 fully saturated rings. The van der Waals surface area contributed by atoms with Crippen molar-refractivity contribution in [2.45, 2.75) is 19.4 Å². The summed E-state index contributed by atoms with van der Waals surface area (Å²) in [5.74, 6) is -0.264. The van der Waals surface area contributed by atoms with Crippen LogP contribution >= 0.6 is 0 Å². The summed E-state index contributed by atoms with van der Waals surface area (Å²) in [5, 5.41) is 16.1. The number of pyridine rings is 1. The Balaban J connectivity index is 2.84. The second kappa shape index (κ2) is 6.53. The molecule has 0 amide bonds. The number of aromatic nitrogens is 1. The monoisotopic (exact) mass is 254 g/mol. The van der Waals surface area contributed by atoms with E-state index < -0.39 is 10.9 Å². The van der Waals surface area contributed by atoms with Crippen LogP contribution in [0.1, 0.15) is 24.9 Å². The molecule has 18 heavy (non-hydrogen) atoms. The molecular formula is C11H15FN4O2. The Kier molecular flexibility index (Phi) is 5.04.